The first-order valence-electron chi connectivity index (χ1n) is 5.56. The Balaban J connectivity index is 1.78. The van der Waals surface area contributed by atoms with Crippen LogP contribution >= 0.6 is 0 Å². The van der Waals surface area contributed by atoms with Gasteiger partial charge in [-0.2, -0.15) is 8.42 Å². The lowest BCUT2D eigenvalue weighted by Crippen LogP contribution is -2.36. The van der Waals surface area contributed by atoms with E-state index in [1.165, 1.54) is 6.33 Å². The highest BCUT2D eigenvalue weighted by molar-refractivity contribution is 7.85. The third-order valence-electron chi connectivity index (χ3n) is 2.88. The van der Waals surface area contributed by atoms with Crippen LogP contribution in [0.3, 0.4) is 0 Å². The summed E-state index contributed by atoms with van der Waals surface area (Å²) in [6.45, 7) is 0.226. The average molecular weight is 285 g/mol. The first-order chi connectivity index (χ1) is 9.04. The number of hydrogen-bond acceptors (Lipinski definition) is 8. The van der Waals surface area contributed by atoms with E-state index in [0.717, 1.165) is 6.26 Å². The molecule has 1 aromatic rings. The SMILES string of the molecule is CS(=O)(=O)OCC1ON=C2c3cncnc3OCC21. The number of rotatable bonds is 3. The van der Waals surface area contributed by atoms with Gasteiger partial charge in [0.15, 0.2) is 6.10 Å². The summed E-state index contributed by atoms with van der Waals surface area (Å²) in [6, 6.07) is 0. The van der Waals surface area contributed by atoms with E-state index in [1.807, 2.05) is 0 Å². The highest BCUT2D eigenvalue weighted by Crippen LogP contribution is 2.31. The van der Waals surface area contributed by atoms with Crippen molar-refractivity contribution in [1.82, 2.24) is 9.97 Å². The Hall–Kier alpha value is -1.74. The molecule has 0 aliphatic carbocycles. The summed E-state index contributed by atoms with van der Waals surface area (Å²) >= 11 is 0. The molecular weight excluding hydrogens is 274 g/mol. The van der Waals surface area contributed by atoms with Crippen molar-refractivity contribution in [3.05, 3.63) is 18.1 Å². The molecule has 0 bridgehead atoms. The van der Waals surface area contributed by atoms with E-state index in [0.29, 0.717) is 23.8 Å². The molecular formula is C10H11N3O5S. The molecule has 0 saturated carbocycles. The summed E-state index contributed by atoms with van der Waals surface area (Å²) in [7, 11) is -3.51. The van der Waals surface area contributed by atoms with Crippen molar-refractivity contribution < 1.29 is 22.2 Å². The Morgan fingerprint density at radius 3 is 3.16 bits per heavy atom. The molecule has 1 aromatic heterocycles. The van der Waals surface area contributed by atoms with Gasteiger partial charge in [-0.3, -0.25) is 4.18 Å². The predicted octanol–water partition coefficient (Wildman–Crippen LogP) is -0.436. The average Bonchev–Trinajstić information content (AvgIpc) is 2.79. The number of fused-ring (bicyclic) bond motifs is 3. The van der Waals surface area contributed by atoms with Gasteiger partial charge in [-0.05, 0) is 0 Å². The first kappa shape index (κ1) is 12.3. The Kier molecular flexibility index (Phi) is 2.86. The van der Waals surface area contributed by atoms with Crippen molar-refractivity contribution in [2.45, 2.75) is 6.10 Å². The quantitative estimate of drug-likeness (QED) is 0.694. The second-order valence-electron chi connectivity index (χ2n) is 4.27. The molecule has 9 heteroatoms. The Morgan fingerprint density at radius 1 is 1.53 bits per heavy atom. The van der Waals surface area contributed by atoms with Gasteiger partial charge in [0.05, 0.1) is 17.7 Å². The molecule has 2 unspecified atom stereocenters. The van der Waals surface area contributed by atoms with E-state index in [-0.39, 0.29) is 12.5 Å². The molecule has 2 aliphatic rings. The van der Waals surface area contributed by atoms with Gasteiger partial charge in [-0.15, -0.1) is 0 Å². The Bertz CT molecular complexity index is 630. The molecule has 3 heterocycles. The van der Waals surface area contributed by atoms with E-state index < -0.39 is 16.2 Å². The molecule has 8 nitrogen and oxygen atoms in total. The van der Waals surface area contributed by atoms with Crippen LogP contribution in [0.5, 0.6) is 5.88 Å². The van der Waals surface area contributed by atoms with Crippen LogP contribution in [0, 0.1) is 5.92 Å². The van der Waals surface area contributed by atoms with Crippen molar-refractivity contribution in [1.29, 1.82) is 0 Å². The van der Waals surface area contributed by atoms with Gasteiger partial charge in [0.2, 0.25) is 5.88 Å². The zero-order valence-electron chi connectivity index (χ0n) is 10.0. The number of hydrogen-bond donors (Lipinski definition) is 0. The van der Waals surface area contributed by atoms with Crippen molar-refractivity contribution in [3.63, 3.8) is 0 Å². The number of nitrogens with zero attached hydrogens (tertiary/aromatic N) is 3. The van der Waals surface area contributed by atoms with Crippen LogP contribution in [0.1, 0.15) is 5.56 Å². The third kappa shape index (κ3) is 2.38. The van der Waals surface area contributed by atoms with Crippen LogP contribution in [0.25, 0.3) is 0 Å². The number of ether oxygens (including phenoxy) is 1. The molecule has 2 aliphatic heterocycles. The summed E-state index contributed by atoms with van der Waals surface area (Å²) < 4.78 is 32.2. The molecule has 0 saturated heterocycles. The van der Waals surface area contributed by atoms with Crippen LogP contribution in [0.4, 0.5) is 0 Å². The van der Waals surface area contributed by atoms with Crippen LogP contribution in [-0.2, 0) is 19.1 Å². The molecule has 0 fully saturated rings. The van der Waals surface area contributed by atoms with Crippen LogP contribution in [-0.4, -0.2) is 49.7 Å². The van der Waals surface area contributed by atoms with Crippen molar-refractivity contribution in [2.75, 3.05) is 19.5 Å². The fourth-order valence-electron chi connectivity index (χ4n) is 1.99. The lowest BCUT2D eigenvalue weighted by Gasteiger charge is -2.23. The van der Waals surface area contributed by atoms with Gasteiger partial charge in [0.1, 0.15) is 25.3 Å². The molecule has 3 rings (SSSR count). The van der Waals surface area contributed by atoms with E-state index >= 15 is 0 Å². The smallest absolute Gasteiger partial charge is 0.264 e. The van der Waals surface area contributed by atoms with E-state index in [2.05, 4.69) is 15.1 Å². The summed E-state index contributed by atoms with van der Waals surface area (Å²) in [5.74, 6) is 0.276. The maximum absolute atomic E-state index is 11.0. The van der Waals surface area contributed by atoms with Gasteiger partial charge in [-0.1, -0.05) is 5.16 Å². The number of oxime groups is 1. The number of aromatic nitrogens is 2. The van der Waals surface area contributed by atoms with Crippen LogP contribution in [0.2, 0.25) is 0 Å². The van der Waals surface area contributed by atoms with Crippen LogP contribution in [0.15, 0.2) is 17.7 Å². The van der Waals surface area contributed by atoms with Crippen molar-refractivity contribution in [2.24, 2.45) is 11.1 Å². The minimum Gasteiger partial charge on any atom is -0.476 e. The van der Waals surface area contributed by atoms with Gasteiger partial charge in [0.25, 0.3) is 10.1 Å². The normalized spacial score (nSPS) is 24.8. The molecule has 0 radical (unpaired) electrons. The largest absolute Gasteiger partial charge is 0.476 e. The maximum Gasteiger partial charge on any atom is 0.264 e. The standard InChI is InChI=1S/C10H11N3O5S/c1-19(14,15)17-4-8-7-3-16-10-6(2-11-5-12-10)9(7)13-18-8/h2,5,7-8H,3-4H2,1H3. The van der Waals surface area contributed by atoms with E-state index in [4.69, 9.17) is 13.8 Å². The first-order valence-corrected chi connectivity index (χ1v) is 7.37. The predicted molar refractivity (Wildman–Crippen MR) is 63.2 cm³/mol. The van der Waals surface area contributed by atoms with Gasteiger partial charge >= 0.3 is 0 Å². The zero-order chi connectivity index (χ0) is 13.5. The molecule has 2 atom stereocenters. The minimum absolute atomic E-state index is 0.0944. The van der Waals surface area contributed by atoms with E-state index in [9.17, 15) is 8.42 Å². The zero-order valence-corrected chi connectivity index (χ0v) is 10.8. The van der Waals surface area contributed by atoms with Crippen LogP contribution < -0.4 is 4.74 Å². The summed E-state index contributed by atoms with van der Waals surface area (Å²) in [5.41, 5.74) is 1.34. The van der Waals surface area contributed by atoms with Crippen molar-refractivity contribution >= 4 is 15.8 Å². The maximum atomic E-state index is 11.0. The van der Waals surface area contributed by atoms with Gasteiger partial charge in [-0.25, -0.2) is 9.97 Å². The topological polar surface area (TPSA) is 100.0 Å². The molecule has 0 spiro atoms. The molecule has 0 N–H and O–H groups in total. The fourth-order valence-corrected chi connectivity index (χ4v) is 2.37. The Morgan fingerprint density at radius 2 is 2.37 bits per heavy atom. The summed E-state index contributed by atoms with van der Waals surface area (Å²) in [4.78, 5) is 13.1. The summed E-state index contributed by atoms with van der Waals surface area (Å²) in [5, 5.41) is 3.96. The monoisotopic (exact) mass is 285 g/mol. The van der Waals surface area contributed by atoms with Crippen molar-refractivity contribution in [3.8, 4) is 5.88 Å². The third-order valence-corrected chi connectivity index (χ3v) is 3.45. The second kappa shape index (κ2) is 4.42. The van der Waals surface area contributed by atoms with Gasteiger partial charge < -0.3 is 9.57 Å². The van der Waals surface area contributed by atoms with Gasteiger partial charge in [0, 0.05) is 6.20 Å². The highest BCUT2D eigenvalue weighted by atomic mass is 32.2. The fraction of sp³-hybridized carbons (Fsp3) is 0.500. The lowest BCUT2D eigenvalue weighted by atomic mass is 9.93. The van der Waals surface area contributed by atoms with E-state index in [1.54, 1.807) is 6.20 Å². The second-order valence-corrected chi connectivity index (χ2v) is 5.91. The summed E-state index contributed by atoms with van der Waals surface area (Å²) in [6.07, 6.45) is 3.48. The molecule has 0 amide bonds. The Labute approximate surface area is 109 Å². The lowest BCUT2D eigenvalue weighted by molar-refractivity contribution is 0.0171. The highest BCUT2D eigenvalue weighted by Gasteiger charge is 2.41. The molecule has 19 heavy (non-hydrogen) atoms. The molecule has 102 valence electrons. The molecule has 0 aromatic carbocycles. The minimum atomic E-state index is -3.51.